The van der Waals surface area contributed by atoms with Crippen LogP contribution < -0.4 is 14.2 Å². The Morgan fingerprint density at radius 1 is 0.833 bits per heavy atom. The Labute approximate surface area is 190 Å². The molecule has 0 atom stereocenters. The van der Waals surface area contributed by atoms with E-state index in [1.807, 2.05) is 13.8 Å². The van der Waals surface area contributed by atoms with Gasteiger partial charge in [-0.2, -0.15) is 0 Å². The van der Waals surface area contributed by atoms with E-state index >= 15 is 0 Å². The van der Waals surface area contributed by atoms with Gasteiger partial charge in [0.1, 0.15) is 0 Å². The second-order valence-corrected chi connectivity index (χ2v) is 22.5. The molecule has 0 radical (unpaired) electrons. The Balaban J connectivity index is 3.24. The molecule has 0 fully saturated rings. The first-order chi connectivity index (χ1) is 14.5. The number of methoxy groups -OCH3 is 2. The van der Waals surface area contributed by atoms with Crippen molar-refractivity contribution < 1.29 is 14.2 Å². The van der Waals surface area contributed by atoms with E-state index in [0.29, 0.717) is 6.61 Å². The van der Waals surface area contributed by atoms with E-state index in [1.54, 1.807) is 14.2 Å². The monoisotopic (exact) mass is 526 g/mol. The van der Waals surface area contributed by atoms with Crippen molar-refractivity contribution in [3.63, 3.8) is 0 Å². The molecule has 0 N–H and O–H groups in total. The predicted octanol–water partition coefficient (Wildman–Crippen LogP) is 8.27. The van der Waals surface area contributed by atoms with Gasteiger partial charge in [0.05, 0.1) is 0 Å². The van der Waals surface area contributed by atoms with Gasteiger partial charge in [0.2, 0.25) is 0 Å². The van der Waals surface area contributed by atoms with Crippen molar-refractivity contribution in [2.24, 2.45) is 0 Å². The van der Waals surface area contributed by atoms with E-state index in [0.717, 1.165) is 28.4 Å². The summed E-state index contributed by atoms with van der Waals surface area (Å²) >= 11 is -2.17. The van der Waals surface area contributed by atoms with Crippen LogP contribution in [0.15, 0.2) is 12.1 Å². The molecular weight excluding hydrogens is 479 g/mol. The van der Waals surface area contributed by atoms with E-state index < -0.39 is 18.4 Å². The minimum absolute atomic E-state index is 0.621. The van der Waals surface area contributed by atoms with Gasteiger partial charge in [-0.1, -0.05) is 0 Å². The van der Waals surface area contributed by atoms with Crippen LogP contribution in [0.2, 0.25) is 17.7 Å². The molecule has 1 rings (SSSR count). The molecule has 172 valence electrons. The summed E-state index contributed by atoms with van der Waals surface area (Å²) < 4.78 is 23.2. The molecule has 0 spiro atoms. The van der Waals surface area contributed by atoms with Crippen LogP contribution in [-0.2, 0) is 0 Å². The summed E-state index contributed by atoms with van der Waals surface area (Å²) in [5.41, 5.74) is 2.06. The van der Waals surface area contributed by atoms with Crippen molar-refractivity contribution in [2.75, 3.05) is 20.8 Å². The molecule has 30 heavy (non-hydrogen) atoms. The van der Waals surface area contributed by atoms with Crippen LogP contribution in [0.25, 0.3) is 6.08 Å². The van der Waals surface area contributed by atoms with Gasteiger partial charge in [-0.05, 0) is 0 Å². The Morgan fingerprint density at radius 2 is 1.40 bits per heavy atom. The standard InChI is InChI=1S/C14H19O3.3C4H9.Sn/c1-6-8-11-9-12(15-4)10(3)13(16-5)14(11)17-7-2;3*1-3-4-2;/h6,8-9H,1,7H2,2-5H3;3*1,3-4H2,2H3;/b8-6+;;;;. The zero-order valence-electron chi connectivity index (χ0n) is 20.7. The fourth-order valence-corrected chi connectivity index (χ4v) is 19.5. The first-order valence-electron chi connectivity index (χ1n) is 12.1. The number of ether oxygens (including phenoxy) is 3. The van der Waals surface area contributed by atoms with Crippen LogP contribution in [0.1, 0.15) is 77.3 Å². The third kappa shape index (κ3) is 8.01. The molecule has 3 nitrogen and oxygen atoms in total. The van der Waals surface area contributed by atoms with Crippen LogP contribution >= 0.6 is 0 Å². The zero-order chi connectivity index (χ0) is 22.4. The van der Waals surface area contributed by atoms with E-state index in [2.05, 4.69) is 39.0 Å². The van der Waals surface area contributed by atoms with Crippen molar-refractivity contribution in [1.82, 2.24) is 0 Å². The van der Waals surface area contributed by atoms with Gasteiger partial charge in [-0.15, -0.1) is 0 Å². The first-order valence-corrected chi connectivity index (χ1v) is 20.1. The van der Waals surface area contributed by atoms with Crippen LogP contribution in [0.3, 0.4) is 0 Å². The van der Waals surface area contributed by atoms with E-state index in [-0.39, 0.29) is 0 Å². The van der Waals surface area contributed by atoms with E-state index in [1.165, 1.54) is 56.3 Å². The number of rotatable bonds is 16. The van der Waals surface area contributed by atoms with Gasteiger partial charge < -0.3 is 0 Å². The maximum atomic E-state index is 6.00. The van der Waals surface area contributed by atoms with Crippen LogP contribution in [0, 0.1) is 6.92 Å². The SMILES string of the molecule is CCC[CH2][Sn]([CH2]/C=C/c1cc(OC)c(C)c(OC)c1OCC)([CH2]CCC)[CH2]CCC. The van der Waals surface area contributed by atoms with Gasteiger partial charge in [0.25, 0.3) is 0 Å². The van der Waals surface area contributed by atoms with Gasteiger partial charge >= 0.3 is 191 Å². The topological polar surface area (TPSA) is 27.7 Å². The normalized spacial score (nSPS) is 11.8. The van der Waals surface area contributed by atoms with E-state index in [4.69, 9.17) is 14.2 Å². The molecular formula is C26H46O3Sn. The fourth-order valence-electron chi connectivity index (χ4n) is 4.38. The summed E-state index contributed by atoms with van der Waals surface area (Å²) in [5, 5.41) is 0. The molecule has 0 aliphatic rings. The van der Waals surface area contributed by atoms with Crippen molar-refractivity contribution in [1.29, 1.82) is 0 Å². The molecule has 0 unspecified atom stereocenters. The third-order valence-electron chi connectivity index (χ3n) is 6.21. The Morgan fingerprint density at radius 3 is 1.83 bits per heavy atom. The Hall–Kier alpha value is -0.841. The second kappa shape index (κ2) is 15.0. The average Bonchev–Trinajstić information content (AvgIpc) is 2.76. The van der Waals surface area contributed by atoms with Gasteiger partial charge in [-0.3, -0.25) is 0 Å². The number of unbranched alkanes of at least 4 members (excludes halogenated alkanes) is 3. The second-order valence-electron chi connectivity index (χ2n) is 8.51. The fraction of sp³-hybridized carbons (Fsp3) is 0.692. The van der Waals surface area contributed by atoms with Crippen molar-refractivity contribution in [2.45, 2.75) is 90.9 Å². The van der Waals surface area contributed by atoms with Crippen molar-refractivity contribution in [3.05, 3.63) is 23.3 Å². The number of benzene rings is 1. The molecule has 4 heteroatoms. The molecule has 0 saturated carbocycles. The van der Waals surface area contributed by atoms with Gasteiger partial charge in [-0.25, -0.2) is 0 Å². The first kappa shape index (κ1) is 27.2. The van der Waals surface area contributed by atoms with E-state index in [9.17, 15) is 0 Å². The number of hydrogen-bond donors (Lipinski definition) is 0. The Bertz CT molecular complexity index is 618. The molecule has 0 aliphatic heterocycles. The number of hydrogen-bond acceptors (Lipinski definition) is 3. The zero-order valence-corrected chi connectivity index (χ0v) is 23.6. The maximum absolute atomic E-state index is 6.00. The average molecular weight is 525 g/mol. The summed E-state index contributed by atoms with van der Waals surface area (Å²) in [6.07, 6.45) is 12.9. The molecule has 0 amide bonds. The molecule has 0 aromatic heterocycles. The molecule has 0 aliphatic carbocycles. The molecule has 0 heterocycles. The summed E-state index contributed by atoms with van der Waals surface area (Å²) in [6, 6.07) is 2.10. The quantitative estimate of drug-likeness (QED) is 0.203. The van der Waals surface area contributed by atoms with Crippen LogP contribution in [0.4, 0.5) is 0 Å². The summed E-state index contributed by atoms with van der Waals surface area (Å²) in [7, 11) is 3.43. The minimum atomic E-state index is -2.17. The summed E-state index contributed by atoms with van der Waals surface area (Å²) in [5.74, 6) is 2.48. The molecule has 0 saturated heterocycles. The van der Waals surface area contributed by atoms with Crippen molar-refractivity contribution >= 4 is 24.5 Å². The summed E-state index contributed by atoms with van der Waals surface area (Å²) in [4.78, 5) is 0. The van der Waals surface area contributed by atoms with Crippen molar-refractivity contribution in [3.8, 4) is 17.2 Å². The number of allylic oxidation sites excluding steroid dienone is 1. The molecule has 0 bridgehead atoms. The van der Waals surface area contributed by atoms with Gasteiger partial charge in [0, 0.05) is 0 Å². The predicted molar refractivity (Wildman–Crippen MR) is 134 cm³/mol. The third-order valence-corrected chi connectivity index (χ3v) is 21.5. The molecule has 1 aromatic carbocycles. The van der Waals surface area contributed by atoms with Crippen LogP contribution in [-0.4, -0.2) is 39.2 Å². The Kier molecular flexibility index (Phi) is 13.6. The summed E-state index contributed by atoms with van der Waals surface area (Å²) in [6.45, 7) is 11.7. The van der Waals surface area contributed by atoms with Gasteiger partial charge in [0.15, 0.2) is 0 Å². The van der Waals surface area contributed by atoms with Crippen LogP contribution in [0.5, 0.6) is 17.2 Å². The molecule has 1 aromatic rings.